The van der Waals surface area contributed by atoms with Crippen LogP contribution < -0.4 is 5.32 Å². The van der Waals surface area contributed by atoms with Crippen LogP contribution >= 0.6 is 0 Å². The molecule has 0 bridgehead atoms. The van der Waals surface area contributed by atoms with Gasteiger partial charge in [0.05, 0.1) is 16.5 Å². The number of hydrogen-bond donors (Lipinski definition) is 1. The lowest BCUT2D eigenvalue weighted by molar-refractivity contribution is 0.169. The van der Waals surface area contributed by atoms with Gasteiger partial charge in [-0.25, -0.2) is 13.2 Å². The third-order valence-electron chi connectivity index (χ3n) is 4.76. The number of unbranched alkanes of at least 4 members (excludes halogenated alkanes) is 2. The second-order valence-corrected chi connectivity index (χ2v) is 8.81. The summed E-state index contributed by atoms with van der Waals surface area (Å²) in [5, 5.41) is 11.8. The van der Waals surface area contributed by atoms with E-state index in [1.165, 1.54) is 28.6 Å². The van der Waals surface area contributed by atoms with Crippen molar-refractivity contribution < 1.29 is 13.2 Å². The van der Waals surface area contributed by atoms with Gasteiger partial charge in [0.25, 0.3) is 0 Å². The predicted octanol–water partition coefficient (Wildman–Crippen LogP) is 2.54. The number of nitriles is 1. The Morgan fingerprint density at radius 2 is 1.81 bits per heavy atom. The second kappa shape index (κ2) is 9.72. The molecule has 7 nitrogen and oxygen atoms in total. The lowest BCUT2D eigenvalue weighted by Crippen LogP contribution is -2.54. The normalized spacial score (nSPS) is 16.6. The molecular formula is C19H28N4O3S. The Labute approximate surface area is 162 Å². The van der Waals surface area contributed by atoms with Crippen molar-refractivity contribution in [1.82, 2.24) is 14.5 Å². The average Bonchev–Trinajstić information content (AvgIpc) is 2.68. The summed E-state index contributed by atoms with van der Waals surface area (Å²) in [5.74, 6) is 0. The van der Waals surface area contributed by atoms with Gasteiger partial charge in [-0.2, -0.15) is 9.57 Å². The molecule has 0 radical (unpaired) electrons. The van der Waals surface area contributed by atoms with Crippen LogP contribution in [0.4, 0.5) is 4.79 Å². The maximum atomic E-state index is 12.7. The van der Waals surface area contributed by atoms with Crippen molar-refractivity contribution in [2.75, 3.05) is 26.2 Å². The van der Waals surface area contributed by atoms with Crippen LogP contribution in [0.5, 0.6) is 0 Å². The maximum absolute atomic E-state index is 12.7. The zero-order valence-electron chi connectivity index (χ0n) is 16.0. The van der Waals surface area contributed by atoms with Gasteiger partial charge >= 0.3 is 6.03 Å². The fourth-order valence-corrected chi connectivity index (χ4v) is 4.48. The number of carbonyl (C=O) groups excluding carboxylic acids is 1. The molecule has 0 spiro atoms. The highest BCUT2D eigenvalue weighted by molar-refractivity contribution is 7.89. The summed E-state index contributed by atoms with van der Waals surface area (Å²) in [6.07, 6.45) is 4.35. The van der Waals surface area contributed by atoms with E-state index >= 15 is 0 Å². The molecule has 148 valence electrons. The van der Waals surface area contributed by atoms with Crippen LogP contribution in [0.15, 0.2) is 29.2 Å². The van der Waals surface area contributed by atoms with Gasteiger partial charge in [-0.3, -0.25) is 0 Å². The van der Waals surface area contributed by atoms with Crippen molar-refractivity contribution in [2.45, 2.75) is 50.5 Å². The third-order valence-corrected chi connectivity index (χ3v) is 6.67. The van der Waals surface area contributed by atoms with E-state index in [4.69, 9.17) is 5.26 Å². The Kier molecular flexibility index (Phi) is 7.63. The minimum atomic E-state index is -3.61. The molecule has 1 aromatic rings. The minimum Gasteiger partial charge on any atom is -0.336 e. The molecule has 1 N–H and O–H groups in total. The molecule has 2 rings (SSSR count). The van der Waals surface area contributed by atoms with Crippen LogP contribution in [0.3, 0.4) is 0 Å². The van der Waals surface area contributed by atoms with E-state index in [0.29, 0.717) is 18.7 Å². The molecule has 0 aliphatic carbocycles. The summed E-state index contributed by atoms with van der Waals surface area (Å²) >= 11 is 0. The van der Waals surface area contributed by atoms with Gasteiger partial charge in [-0.05, 0) is 37.6 Å². The first-order valence-electron chi connectivity index (χ1n) is 9.44. The number of carbonyl (C=O) groups is 1. The highest BCUT2D eigenvalue weighted by Crippen LogP contribution is 2.18. The lowest BCUT2D eigenvalue weighted by Gasteiger charge is -2.34. The first-order valence-corrected chi connectivity index (χ1v) is 10.9. The highest BCUT2D eigenvalue weighted by atomic mass is 32.2. The summed E-state index contributed by atoms with van der Waals surface area (Å²) in [5.41, 5.74) is 0.420. The zero-order valence-corrected chi connectivity index (χ0v) is 16.8. The van der Waals surface area contributed by atoms with Crippen molar-refractivity contribution in [1.29, 1.82) is 5.26 Å². The van der Waals surface area contributed by atoms with E-state index in [1.54, 1.807) is 4.90 Å². The van der Waals surface area contributed by atoms with Crippen molar-refractivity contribution in [3.05, 3.63) is 29.8 Å². The number of amides is 2. The van der Waals surface area contributed by atoms with Gasteiger partial charge in [0.1, 0.15) is 0 Å². The molecule has 1 atom stereocenters. The zero-order chi connectivity index (χ0) is 19.9. The molecule has 27 heavy (non-hydrogen) atoms. The standard InChI is InChI=1S/C19H28N4O3S/c1-3-4-5-6-16(2)21-19(24)22-11-13-23(14-12-22)27(25,26)18-9-7-17(15-20)8-10-18/h7-10,16H,3-6,11-14H2,1-2H3,(H,21,24). The molecule has 1 unspecified atom stereocenters. The topological polar surface area (TPSA) is 93.5 Å². The smallest absolute Gasteiger partial charge is 0.317 e. The van der Waals surface area contributed by atoms with Crippen LogP contribution in [0, 0.1) is 11.3 Å². The Hall–Kier alpha value is -2.11. The van der Waals surface area contributed by atoms with Crippen LogP contribution in [-0.4, -0.2) is 55.9 Å². The Morgan fingerprint density at radius 3 is 2.37 bits per heavy atom. The van der Waals surface area contributed by atoms with Gasteiger partial charge < -0.3 is 10.2 Å². The summed E-state index contributed by atoms with van der Waals surface area (Å²) in [6.45, 7) is 5.40. The van der Waals surface area contributed by atoms with Gasteiger partial charge in [0, 0.05) is 32.2 Å². The van der Waals surface area contributed by atoms with E-state index in [2.05, 4.69) is 12.2 Å². The van der Waals surface area contributed by atoms with E-state index in [0.717, 1.165) is 25.7 Å². The van der Waals surface area contributed by atoms with E-state index in [9.17, 15) is 13.2 Å². The second-order valence-electron chi connectivity index (χ2n) is 6.87. The summed E-state index contributed by atoms with van der Waals surface area (Å²) in [6, 6.07) is 7.85. The molecule has 1 fully saturated rings. The van der Waals surface area contributed by atoms with Gasteiger partial charge in [0.2, 0.25) is 10.0 Å². The number of urea groups is 1. The van der Waals surface area contributed by atoms with Gasteiger partial charge in [0.15, 0.2) is 0 Å². The molecule has 1 aliphatic heterocycles. The fourth-order valence-electron chi connectivity index (χ4n) is 3.06. The number of rotatable bonds is 7. The monoisotopic (exact) mass is 392 g/mol. The SMILES string of the molecule is CCCCCC(C)NC(=O)N1CCN(S(=O)(=O)c2ccc(C#N)cc2)CC1. The largest absolute Gasteiger partial charge is 0.336 e. The van der Waals surface area contributed by atoms with Crippen molar-refractivity contribution in [2.24, 2.45) is 0 Å². The Balaban J connectivity index is 1.88. The number of piperazine rings is 1. The van der Waals surface area contributed by atoms with Crippen molar-refractivity contribution in [3.8, 4) is 6.07 Å². The van der Waals surface area contributed by atoms with Gasteiger partial charge in [-0.1, -0.05) is 26.2 Å². The van der Waals surface area contributed by atoms with E-state index < -0.39 is 10.0 Å². The van der Waals surface area contributed by atoms with E-state index in [-0.39, 0.29) is 30.1 Å². The summed E-state index contributed by atoms with van der Waals surface area (Å²) in [4.78, 5) is 14.2. The number of hydrogen-bond acceptors (Lipinski definition) is 4. The number of benzene rings is 1. The predicted molar refractivity (Wildman–Crippen MR) is 104 cm³/mol. The molecule has 1 saturated heterocycles. The number of nitrogens with zero attached hydrogens (tertiary/aromatic N) is 3. The molecule has 1 aromatic carbocycles. The highest BCUT2D eigenvalue weighted by Gasteiger charge is 2.30. The Bertz CT molecular complexity index is 763. The molecule has 0 saturated carbocycles. The molecule has 1 heterocycles. The van der Waals surface area contributed by atoms with Crippen molar-refractivity contribution in [3.63, 3.8) is 0 Å². The van der Waals surface area contributed by atoms with Gasteiger partial charge in [-0.15, -0.1) is 0 Å². The lowest BCUT2D eigenvalue weighted by atomic mass is 10.1. The molecule has 2 amide bonds. The average molecular weight is 393 g/mol. The van der Waals surface area contributed by atoms with Crippen LogP contribution in [0.2, 0.25) is 0 Å². The first kappa shape index (κ1) is 21.2. The molecule has 8 heteroatoms. The van der Waals surface area contributed by atoms with Crippen LogP contribution in [-0.2, 0) is 10.0 Å². The minimum absolute atomic E-state index is 0.115. The summed E-state index contributed by atoms with van der Waals surface area (Å²) < 4.78 is 26.8. The van der Waals surface area contributed by atoms with E-state index in [1.807, 2.05) is 13.0 Å². The first-order chi connectivity index (χ1) is 12.9. The molecule has 1 aliphatic rings. The fraction of sp³-hybridized carbons (Fsp3) is 0.579. The number of nitrogens with one attached hydrogen (secondary N) is 1. The Morgan fingerprint density at radius 1 is 1.19 bits per heavy atom. The molecule has 0 aromatic heterocycles. The van der Waals surface area contributed by atoms with Crippen LogP contribution in [0.1, 0.15) is 45.1 Å². The number of sulfonamides is 1. The van der Waals surface area contributed by atoms with Crippen molar-refractivity contribution >= 4 is 16.1 Å². The maximum Gasteiger partial charge on any atom is 0.317 e. The third kappa shape index (κ3) is 5.68. The molecular weight excluding hydrogens is 364 g/mol. The van der Waals surface area contributed by atoms with Crippen LogP contribution in [0.25, 0.3) is 0 Å². The quantitative estimate of drug-likeness (QED) is 0.722. The summed E-state index contributed by atoms with van der Waals surface area (Å²) in [7, 11) is -3.61.